The van der Waals surface area contributed by atoms with Gasteiger partial charge in [-0.1, -0.05) is 78.9 Å². The summed E-state index contributed by atoms with van der Waals surface area (Å²) < 4.78 is 18.9. The number of fused-ring (bicyclic) bond motifs is 4. The van der Waals surface area contributed by atoms with E-state index in [1.807, 2.05) is 54.6 Å². The average Bonchev–Trinajstić information content (AvgIpc) is 3.53. The van der Waals surface area contributed by atoms with E-state index in [0.29, 0.717) is 17.0 Å². The minimum absolute atomic E-state index is 0.0239. The molecule has 1 aliphatic carbocycles. The van der Waals surface area contributed by atoms with Crippen molar-refractivity contribution in [3.63, 3.8) is 0 Å². The summed E-state index contributed by atoms with van der Waals surface area (Å²) in [6, 6.07) is 26.0. The Morgan fingerprint density at radius 1 is 0.891 bits per heavy atom. The lowest BCUT2D eigenvalue weighted by Crippen LogP contribution is -2.29. The van der Waals surface area contributed by atoms with Crippen molar-refractivity contribution < 1.29 is 23.8 Å². The molecule has 0 aliphatic heterocycles. The Bertz CT molecular complexity index is 1840. The quantitative estimate of drug-likeness (QED) is 0.196. The zero-order chi connectivity index (χ0) is 32.3. The van der Waals surface area contributed by atoms with E-state index in [9.17, 15) is 9.59 Å². The standard InChI is InChI=1S/C35H36N6O5/c1-35(2,3)46-29(42)19-41-28(38-30-31(41)39-33(36)40-32(30)44-20-22-11-5-4-6-12-22)17-18-37-34(43)45-21-27-25-15-9-7-13-23(25)24-14-8-10-16-26(24)27/h4-16,27H,17-21H2,1-3H3,(H,37,43)(H2,36,39,40). The molecule has 0 unspecified atom stereocenters. The number of benzene rings is 3. The molecule has 6 rings (SSSR count). The number of imidazole rings is 1. The van der Waals surface area contributed by atoms with Gasteiger partial charge in [0.25, 0.3) is 0 Å². The molecular formula is C35H36N6O5. The number of nitrogens with one attached hydrogen (secondary N) is 1. The number of alkyl carbamates (subject to hydrolysis) is 1. The summed E-state index contributed by atoms with van der Waals surface area (Å²) >= 11 is 0. The van der Waals surface area contributed by atoms with Gasteiger partial charge < -0.3 is 29.8 Å². The second-order valence-electron chi connectivity index (χ2n) is 12.0. The Labute approximate surface area is 266 Å². The molecule has 46 heavy (non-hydrogen) atoms. The van der Waals surface area contributed by atoms with Crippen LogP contribution in [0.5, 0.6) is 5.88 Å². The first-order chi connectivity index (χ1) is 22.2. The fourth-order valence-corrected chi connectivity index (χ4v) is 5.65. The number of nitrogens with two attached hydrogens (primary N) is 1. The van der Waals surface area contributed by atoms with E-state index in [4.69, 9.17) is 24.9 Å². The van der Waals surface area contributed by atoms with Gasteiger partial charge in [0.05, 0.1) is 0 Å². The van der Waals surface area contributed by atoms with Gasteiger partial charge in [0.1, 0.15) is 31.2 Å². The highest BCUT2D eigenvalue weighted by molar-refractivity contribution is 5.81. The summed E-state index contributed by atoms with van der Waals surface area (Å²) in [6.45, 7) is 5.86. The van der Waals surface area contributed by atoms with Crippen LogP contribution in [0.2, 0.25) is 0 Å². The molecule has 0 atom stereocenters. The van der Waals surface area contributed by atoms with E-state index in [1.165, 1.54) is 0 Å². The minimum atomic E-state index is -0.683. The maximum absolute atomic E-state index is 12.9. The van der Waals surface area contributed by atoms with Crippen LogP contribution in [0.1, 0.15) is 49.2 Å². The molecule has 0 bridgehead atoms. The third-order valence-corrected chi connectivity index (χ3v) is 7.55. The Kier molecular flexibility index (Phi) is 8.56. The normalized spacial score (nSPS) is 12.4. The molecule has 2 heterocycles. The second-order valence-corrected chi connectivity index (χ2v) is 12.0. The Morgan fingerprint density at radius 2 is 1.54 bits per heavy atom. The lowest BCUT2D eigenvalue weighted by molar-refractivity contribution is -0.155. The topological polar surface area (TPSA) is 143 Å². The highest BCUT2D eigenvalue weighted by Crippen LogP contribution is 2.44. The highest BCUT2D eigenvalue weighted by Gasteiger charge is 2.29. The Balaban J connectivity index is 1.17. The van der Waals surface area contributed by atoms with Crippen LogP contribution in [0.25, 0.3) is 22.3 Å². The van der Waals surface area contributed by atoms with Crippen molar-refractivity contribution in [2.24, 2.45) is 0 Å². The van der Waals surface area contributed by atoms with E-state index in [2.05, 4.69) is 39.6 Å². The van der Waals surface area contributed by atoms with E-state index in [0.717, 1.165) is 27.8 Å². The fraction of sp³-hybridized carbons (Fsp3) is 0.286. The summed E-state index contributed by atoms with van der Waals surface area (Å²) in [5.41, 5.74) is 11.6. The van der Waals surface area contributed by atoms with Crippen LogP contribution in [0.15, 0.2) is 78.9 Å². The van der Waals surface area contributed by atoms with Gasteiger partial charge in [-0.15, -0.1) is 0 Å². The summed E-state index contributed by atoms with van der Waals surface area (Å²) in [5.74, 6) is 0.129. The maximum atomic E-state index is 12.9. The first-order valence-electron chi connectivity index (χ1n) is 15.2. The van der Waals surface area contributed by atoms with Crippen LogP contribution < -0.4 is 15.8 Å². The summed E-state index contributed by atoms with van der Waals surface area (Å²) in [5, 5.41) is 2.82. The van der Waals surface area contributed by atoms with Crippen molar-refractivity contribution in [1.82, 2.24) is 24.8 Å². The molecule has 3 aromatic carbocycles. The third kappa shape index (κ3) is 6.78. The number of amides is 1. The number of carbonyl (C=O) groups is 2. The molecule has 2 aromatic heterocycles. The zero-order valence-corrected chi connectivity index (χ0v) is 26.0. The number of anilines is 1. The van der Waals surface area contributed by atoms with Crippen LogP contribution >= 0.6 is 0 Å². The molecule has 0 radical (unpaired) electrons. The number of hydrogen-bond acceptors (Lipinski definition) is 9. The summed E-state index contributed by atoms with van der Waals surface area (Å²) in [6.07, 6.45) is -0.283. The molecule has 236 valence electrons. The molecule has 0 spiro atoms. The van der Waals surface area contributed by atoms with Crippen molar-refractivity contribution in [2.45, 2.75) is 51.9 Å². The van der Waals surface area contributed by atoms with Gasteiger partial charge >= 0.3 is 12.1 Å². The van der Waals surface area contributed by atoms with Gasteiger partial charge in [0.15, 0.2) is 11.2 Å². The molecule has 1 amide bonds. The molecule has 1 aliphatic rings. The molecule has 3 N–H and O–H groups in total. The van der Waals surface area contributed by atoms with Crippen molar-refractivity contribution in [1.29, 1.82) is 0 Å². The summed E-state index contributed by atoms with van der Waals surface area (Å²) in [7, 11) is 0. The van der Waals surface area contributed by atoms with E-state index in [1.54, 1.807) is 25.3 Å². The Morgan fingerprint density at radius 3 is 2.22 bits per heavy atom. The molecular weight excluding hydrogens is 584 g/mol. The smallest absolute Gasteiger partial charge is 0.407 e. The fourth-order valence-electron chi connectivity index (χ4n) is 5.65. The first kappa shape index (κ1) is 30.6. The molecule has 0 fully saturated rings. The van der Waals surface area contributed by atoms with Gasteiger partial charge in [-0.25, -0.2) is 9.78 Å². The molecule has 11 nitrogen and oxygen atoms in total. The minimum Gasteiger partial charge on any atom is -0.471 e. The van der Waals surface area contributed by atoms with Crippen LogP contribution in [-0.4, -0.2) is 50.3 Å². The van der Waals surface area contributed by atoms with Crippen LogP contribution in [0.4, 0.5) is 10.7 Å². The monoisotopic (exact) mass is 620 g/mol. The number of esters is 1. The predicted octanol–water partition coefficient (Wildman–Crippen LogP) is 5.41. The average molecular weight is 621 g/mol. The maximum Gasteiger partial charge on any atom is 0.407 e. The third-order valence-electron chi connectivity index (χ3n) is 7.55. The van der Waals surface area contributed by atoms with E-state index >= 15 is 0 Å². The number of ether oxygens (including phenoxy) is 3. The number of nitrogen functional groups attached to an aromatic ring is 1. The number of aromatic nitrogens is 4. The number of rotatable bonds is 10. The molecule has 0 saturated carbocycles. The lowest BCUT2D eigenvalue weighted by Gasteiger charge is -2.20. The molecule has 11 heteroatoms. The largest absolute Gasteiger partial charge is 0.471 e. The zero-order valence-electron chi connectivity index (χ0n) is 26.0. The molecule has 0 saturated heterocycles. The number of carbonyl (C=O) groups excluding carboxylic acids is 2. The van der Waals surface area contributed by atoms with Crippen LogP contribution in [-0.2, 0) is 33.8 Å². The number of nitrogens with zero attached hydrogens (tertiary/aromatic N) is 4. The molecule has 5 aromatic rings. The second kappa shape index (κ2) is 12.9. The van der Waals surface area contributed by atoms with Crippen molar-refractivity contribution >= 4 is 29.2 Å². The Hall–Kier alpha value is -5.45. The predicted molar refractivity (Wildman–Crippen MR) is 173 cm³/mol. The van der Waals surface area contributed by atoms with Crippen molar-refractivity contribution in [2.75, 3.05) is 18.9 Å². The highest BCUT2D eigenvalue weighted by atomic mass is 16.6. The lowest BCUT2D eigenvalue weighted by atomic mass is 9.98. The van der Waals surface area contributed by atoms with Gasteiger partial charge in [-0.3, -0.25) is 4.79 Å². The van der Waals surface area contributed by atoms with Crippen molar-refractivity contribution in [3.8, 4) is 17.0 Å². The SMILES string of the molecule is CC(C)(C)OC(=O)Cn1c(CCNC(=O)OCC2c3ccccc3-c3ccccc32)nc2c(OCc3ccccc3)nc(N)nc21. The van der Waals surface area contributed by atoms with Gasteiger partial charge in [0, 0.05) is 18.9 Å². The van der Waals surface area contributed by atoms with Gasteiger partial charge in [-0.05, 0) is 48.6 Å². The van der Waals surface area contributed by atoms with Crippen LogP contribution in [0, 0.1) is 0 Å². The van der Waals surface area contributed by atoms with Gasteiger partial charge in [-0.2, -0.15) is 9.97 Å². The van der Waals surface area contributed by atoms with Gasteiger partial charge in [0.2, 0.25) is 11.8 Å². The van der Waals surface area contributed by atoms with Crippen LogP contribution in [0.3, 0.4) is 0 Å². The summed E-state index contributed by atoms with van der Waals surface area (Å²) in [4.78, 5) is 39.1. The van der Waals surface area contributed by atoms with E-state index in [-0.39, 0.29) is 50.5 Å². The first-order valence-corrected chi connectivity index (χ1v) is 15.2. The van der Waals surface area contributed by atoms with E-state index < -0.39 is 17.7 Å². The van der Waals surface area contributed by atoms with Crippen molar-refractivity contribution in [3.05, 3.63) is 101 Å². The number of hydrogen-bond donors (Lipinski definition) is 2.